The molecule has 1 aliphatic rings. The van der Waals surface area contributed by atoms with Gasteiger partial charge in [-0.25, -0.2) is 9.59 Å². The molecule has 0 aromatic heterocycles. The number of benzene rings is 1. The highest BCUT2D eigenvalue weighted by molar-refractivity contribution is 9.11. The van der Waals surface area contributed by atoms with E-state index in [-0.39, 0.29) is 11.4 Å². The molecule has 1 heterocycles. The van der Waals surface area contributed by atoms with Crippen LogP contribution in [0.3, 0.4) is 0 Å². The lowest BCUT2D eigenvalue weighted by Gasteiger charge is -2.29. The van der Waals surface area contributed by atoms with E-state index in [9.17, 15) is 18.4 Å². The second kappa shape index (κ2) is 7.06. The van der Waals surface area contributed by atoms with E-state index in [0.29, 0.717) is 8.95 Å². The van der Waals surface area contributed by atoms with Crippen molar-refractivity contribution in [1.29, 1.82) is 0 Å². The van der Waals surface area contributed by atoms with Crippen molar-refractivity contribution < 1.29 is 32.6 Å². The Morgan fingerprint density at radius 1 is 1.21 bits per heavy atom. The summed E-state index contributed by atoms with van der Waals surface area (Å²) in [5, 5.41) is 2.58. The number of rotatable bonds is 4. The van der Waals surface area contributed by atoms with Crippen LogP contribution in [0, 0.1) is 0 Å². The van der Waals surface area contributed by atoms with E-state index < -0.39 is 29.9 Å². The lowest BCUT2D eigenvalue weighted by Crippen LogP contribution is -2.42. The van der Waals surface area contributed by atoms with Crippen molar-refractivity contribution in [3.05, 3.63) is 32.9 Å². The molecule has 24 heavy (non-hydrogen) atoms. The highest BCUT2D eigenvalue weighted by Gasteiger charge is 2.39. The molecule has 0 aliphatic carbocycles. The summed E-state index contributed by atoms with van der Waals surface area (Å²) >= 11 is 6.33. The zero-order chi connectivity index (χ0) is 18.1. The maximum Gasteiger partial charge on any atom is 0.387 e. The maximum absolute atomic E-state index is 12.5. The van der Waals surface area contributed by atoms with Gasteiger partial charge < -0.3 is 19.5 Å². The van der Waals surface area contributed by atoms with Crippen LogP contribution in [0.5, 0.6) is 5.75 Å². The van der Waals surface area contributed by atoms with Gasteiger partial charge in [0.15, 0.2) is 11.3 Å². The van der Waals surface area contributed by atoms with E-state index in [4.69, 9.17) is 9.47 Å². The molecular formula is C14H11Br2F2NO5. The first kappa shape index (κ1) is 18.7. The minimum atomic E-state index is -3.05. The van der Waals surface area contributed by atoms with E-state index in [2.05, 4.69) is 41.9 Å². The molecule has 130 valence electrons. The van der Waals surface area contributed by atoms with Gasteiger partial charge in [-0.15, -0.1) is 0 Å². The molecule has 0 unspecified atom stereocenters. The average molecular weight is 471 g/mol. The van der Waals surface area contributed by atoms with E-state index in [1.54, 1.807) is 6.07 Å². The summed E-state index contributed by atoms with van der Waals surface area (Å²) < 4.78 is 40.2. The Kier molecular flexibility index (Phi) is 5.49. The quantitative estimate of drug-likeness (QED) is 0.408. The predicted octanol–water partition coefficient (Wildman–Crippen LogP) is 3.94. The first-order chi connectivity index (χ1) is 11.1. The van der Waals surface area contributed by atoms with Gasteiger partial charge in [-0.05, 0) is 28.1 Å². The van der Waals surface area contributed by atoms with Gasteiger partial charge in [0.2, 0.25) is 0 Å². The Balaban J connectivity index is 2.31. The highest BCUT2D eigenvalue weighted by Crippen LogP contribution is 2.37. The van der Waals surface area contributed by atoms with Crippen molar-refractivity contribution in [1.82, 2.24) is 0 Å². The third-order valence-corrected chi connectivity index (χ3v) is 3.80. The van der Waals surface area contributed by atoms with Crippen molar-refractivity contribution in [3.63, 3.8) is 0 Å². The Morgan fingerprint density at radius 3 is 2.33 bits per heavy atom. The molecule has 1 saturated heterocycles. The molecule has 0 saturated carbocycles. The van der Waals surface area contributed by atoms with Crippen molar-refractivity contribution in [2.75, 3.05) is 5.32 Å². The monoisotopic (exact) mass is 469 g/mol. The molecular weight excluding hydrogens is 460 g/mol. The number of carbonyl (C=O) groups is 2. The number of alkyl halides is 2. The Hall–Kier alpha value is -1.68. The summed E-state index contributed by atoms with van der Waals surface area (Å²) in [6, 6.07) is 2.87. The number of hydrogen-bond donors (Lipinski definition) is 1. The minimum Gasteiger partial charge on any atom is -0.433 e. The van der Waals surface area contributed by atoms with E-state index in [1.807, 2.05) is 0 Å². The third kappa shape index (κ3) is 4.44. The number of halogens is 4. The Morgan fingerprint density at radius 2 is 1.79 bits per heavy atom. The second-order valence-electron chi connectivity index (χ2n) is 5.02. The standard InChI is InChI=1S/C14H11Br2F2NO5/c1-14(2)23-11(20)7(12(21)24-14)5-19-10-8(16)3-6(15)4-9(10)22-13(17)18/h3-5,13,19H,1-2H3. The minimum absolute atomic E-state index is 0.0939. The fourth-order valence-corrected chi connectivity index (χ4v) is 3.10. The maximum atomic E-state index is 12.5. The SMILES string of the molecule is CC1(C)OC(=O)C(=CNc2c(Br)cc(Br)cc2OC(F)F)C(=O)O1. The molecule has 0 atom stereocenters. The molecule has 6 nitrogen and oxygen atoms in total. The molecule has 10 heteroatoms. The van der Waals surface area contributed by atoms with Crippen LogP contribution in [-0.4, -0.2) is 24.3 Å². The molecule has 0 bridgehead atoms. The van der Waals surface area contributed by atoms with Crippen molar-refractivity contribution in [2.45, 2.75) is 26.2 Å². The number of nitrogens with one attached hydrogen (secondary N) is 1. The molecule has 1 aliphatic heterocycles. The molecule has 2 rings (SSSR count). The lowest BCUT2D eigenvalue weighted by molar-refractivity contribution is -0.222. The number of cyclic esters (lactones) is 2. The summed E-state index contributed by atoms with van der Waals surface area (Å²) in [4.78, 5) is 23.7. The van der Waals surface area contributed by atoms with Crippen LogP contribution < -0.4 is 10.1 Å². The van der Waals surface area contributed by atoms with Crippen LogP contribution in [-0.2, 0) is 19.1 Å². The summed E-state index contributed by atoms with van der Waals surface area (Å²) in [5.74, 6) is -3.35. The van der Waals surface area contributed by atoms with Crippen LogP contribution in [0.15, 0.2) is 32.9 Å². The van der Waals surface area contributed by atoms with E-state index in [1.165, 1.54) is 19.9 Å². The van der Waals surface area contributed by atoms with Crippen LogP contribution in [0.1, 0.15) is 13.8 Å². The smallest absolute Gasteiger partial charge is 0.387 e. The summed E-state index contributed by atoms with van der Waals surface area (Å²) in [5.41, 5.74) is -0.316. The van der Waals surface area contributed by atoms with Gasteiger partial charge in [0.25, 0.3) is 5.79 Å². The fourth-order valence-electron chi connectivity index (χ4n) is 1.80. The molecule has 0 amide bonds. The topological polar surface area (TPSA) is 73.9 Å². The Labute approximate surface area is 152 Å². The molecule has 1 aromatic rings. The number of esters is 2. The van der Waals surface area contributed by atoms with Crippen LogP contribution in [0.2, 0.25) is 0 Å². The number of anilines is 1. The third-order valence-electron chi connectivity index (χ3n) is 2.71. The van der Waals surface area contributed by atoms with Gasteiger partial charge in [-0.3, -0.25) is 0 Å². The average Bonchev–Trinajstić information content (AvgIpc) is 2.37. The van der Waals surface area contributed by atoms with Crippen molar-refractivity contribution in [2.24, 2.45) is 0 Å². The first-order valence-corrected chi connectivity index (χ1v) is 8.05. The normalized spacial score (nSPS) is 16.5. The van der Waals surface area contributed by atoms with Gasteiger partial charge in [-0.2, -0.15) is 8.78 Å². The van der Waals surface area contributed by atoms with Crippen LogP contribution in [0.4, 0.5) is 14.5 Å². The lowest BCUT2D eigenvalue weighted by atomic mass is 10.2. The predicted molar refractivity (Wildman–Crippen MR) is 86.4 cm³/mol. The Bertz CT molecular complexity index is 699. The van der Waals surface area contributed by atoms with Crippen molar-refractivity contribution in [3.8, 4) is 5.75 Å². The molecule has 0 radical (unpaired) electrons. The van der Waals surface area contributed by atoms with Crippen LogP contribution >= 0.6 is 31.9 Å². The summed E-state index contributed by atoms with van der Waals surface area (Å²) in [6.45, 7) is -0.232. The zero-order valence-corrected chi connectivity index (χ0v) is 15.5. The number of carbonyl (C=O) groups excluding carboxylic acids is 2. The fraction of sp³-hybridized carbons (Fsp3) is 0.286. The zero-order valence-electron chi connectivity index (χ0n) is 12.4. The molecule has 0 spiro atoms. The largest absolute Gasteiger partial charge is 0.433 e. The van der Waals surface area contributed by atoms with Gasteiger partial charge in [0, 0.05) is 29.0 Å². The second-order valence-corrected chi connectivity index (χ2v) is 6.79. The van der Waals surface area contributed by atoms with Gasteiger partial charge >= 0.3 is 18.6 Å². The molecule has 1 aromatic carbocycles. The molecule has 1 fully saturated rings. The van der Waals surface area contributed by atoms with Gasteiger partial charge in [0.1, 0.15) is 0 Å². The summed E-state index contributed by atoms with van der Waals surface area (Å²) in [7, 11) is 0. The van der Waals surface area contributed by atoms with E-state index >= 15 is 0 Å². The van der Waals surface area contributed by atoms with E-state index in [0.717, 1.165) is 6.20 Å². The van der Waals surface area contributed by atoms with Gasteiger partial charge in [-0.1, -0.05) is 15.9 Å². The van der Waals surface area contributed by atoms with Crippen molar-refractivity contribution >= 4 is 49.5 Å². The van der Waals surface area contributed by atoms with Gasteiger partial charge in [0.05, 0.1) is 5.69 Å². The first-order valence-electron chi connectivity index (χ1n) is 6.46. The molecule has 1 N–H and O–H groups in total. The number of ether oxygens (including phenoxy) is 3. The van der Waals surface area contributed by atoms with Crippen LogP contribution in [0.25, 0.3) is 0 Å². The number of hydrogen-bond acceptors (Lipinski definition) is 6. The highest BCUT2D eigenvalue weighted by atomic mass is 79.9. The summed E-state index contributed by atoms with van der Waals surface area (Å²) in [6.07, 6.45) is 1.01.